The first-order valence-corrected chi connectivity index (χ1v) is 6.33. The Morgan fingerprint density at radius 2 is 2.24 bits per heavy atom. The molecule has 3 heteroatoms. The van der Waals surface area contributed by atoms with E-state index in [0.29, 0.717) is 5.92 Å². The maximum absolute atomic E-state index is 5.77. The van der Waals surface area contributed by atoms with E-state index in [2.05, 4.69) is 11.4 Å². The molecule has 0 spiro atoms. The number of anilines is 1. The van der Waals surface area contributed by atoms with Crippen LogP contribution in [0.5, 0.6) is 5.75 Å². The van der Waals surface area contributed by atoms with Crippen LogP contribution in [0.1, 0.15) is 20.3 Å². The summed E-state index contributed by atoms with van der Waals surface area (Å²) in [5.41, 5.74) is 1.08. The van der Waals surface area contributed by atoms with Gasteiger partial charge < -0.3 is 14.8 Å². The summed E-state index contributed by atoms with van der Waals surface area (Å²) in [6.45, 7) is 6.82. The first-order chi connectivity index (χ1) is 8.25. The molecule has 1 unspecified atom stereocenters. The van der Waals surface area contributed by atoms with Gasteiger partial charge in [0.2, 0.25) is 0 Å². The molecule has 1 N–H and O–H groups in total. The highest BCUT2D eigenvalue weighted by Crippen LogP contribution is 2.25. The van der Waals surface area contributed by atoms with Crippen molar-refractivity contribution in [2.24, 2.45) is 5.92 Å². The summed E-state index contributed by atoms with van der Waals surface area (Å²) in [5, 5.41) is 3.46. The molecule has 1 saturated heterocycles. The molecule has 1 atom stereocenters. The average Bonchev–Trinajstić information content (AvgIpc) is 2.80. The van der Waals surface area contributed by atoms with Crippen LogP contribution in [0, 0.1) is 5.92 Å². The maximum atomic E-state index is 5.77. The Morgan fingerprint density at radius 3 is 2.94 bits per heavy atom. The lowest BCUT2D eigenvalue weighted by Crippen LogP contribution is -2.15. The Hall–Kier alpha value is -1.22. The molecular weight excluding hydrogens is 214 g/mol. The van der Waals surface area contributed by atoms with Gasteiger partial charge in [0.05, 0.1) is 18.4 Å². The van der Waals surface area contributed by atoms with E-state index in [0.717, 1.165) is 37.6 Å². The summed E-state index contributed by atoms with van der Waals surface area (Å²) >= 11 is 0. The molecule has 0 radical (unpaired) electrons. The molecule has 0 amide bonds. The lowest BCUT2D eigenvalue weighted by atomic mass is 10.1. The molecule has 0 saturated carbocycles. The number of benzene rings is 1. The van der Waals surface area contributed by atoms with Gasteiger partial charge in [-0.3, -0.25) is 0 Å². The molecule has 17 heavy (non-hydrogen) atoms. The van der Waals surface area contributed by atoms with Crippen LogP contribution in [-0.2, 0) is 4.74 Å². The highest BCUT2D eigenvalue weighted by Gasteiger charge is 2.15. The fraction of sp³-hybridized carbons (Fsp3) is 0.571. The standard InChI is InChI=1S/C14H21NO2/c1-11(2)17-14-6-4-3-5-13(14)15-9-12-7-8-16-10-12/h3-6,11-12,15H,7-10H2,1-2H3. The Bertz CT molecular complexity index is 346. The van der Waals surface area contributed by atoms with Gasteiger partial charge in [-0.15, -0.1) is 0 Å². The fourth-order valence-corrected chi connectivity index (χ4v) is 1.97. The molecule has 1 aromatic carbocycles. The van der Waals surface area contributed by atoms with Gasteiger partial charge in [0.15, 0.2) is 0 Å². The van der Waals surface area contributed by atoms with Gasteiger partial charge in [-0.05, 0) is 32.4 Å². The lowest BCUT2D eigenvalue weighted by molar-refractivity contribution is 0.187. The van der Waals surface area contributed by atoms with Crippen LogP contribution in [0.4, 0.5) is 5.69 Å². The Labute approximate surface area is 103 Å². The minimum Gasteiger partial charge on any atom is -0.489 e. The maximum Gasteiger partial charge on any atom is 0.142 e. The summed E-state index contributed by atoms with van der Waals surface area (Å²) in [7, 11) is 0. The fourth-order valence-electron chi connectivity index (χ4n) is 1.97. The summed E-state index contributed by atoms with van der Waals surface area (Å²) in [4.78, 5) is 0. The molecule has 0 aromatic heterocycles. The second kappa shape index (κ2) is 5.92. The van der Waals surface area contributed by atoms with E-state index in [1.165, 1.54) is 0 Å². The van der Waals surface area contributed by atoms with E-state index in [1.807, 2.05) is 32.0 Å². The Balaban J connectivity index is 1.94. The van der Waals surface area contributed by atoms with Crippen LogP contribution in [0.3, 0.4) is 0 Å². The van der Waals surface area contributed by atoms with E-state index in [-0.39, 0.29) is 6.10 Å². The zero-order chi connectivity index (χ0) is 12.1. The third kappa shape index (κ3) is 3.63. The molecule has 0 bridgehead atoms. The highest BCUT2D eigenvalue weighted by molar-refractivity contribution is 5.56. The van der Waals surface area contributed by atoms with E-state index in [1.54, 1.807) is 0 Å². The van der Waals surface area contributed by atoms with Gasteiger partial charge in [-0.1, -0.05) is 12.1 Å². The van der Waals surface area contributed by atoms with Crippen molar-refractivity contribution in [3.05, 3.63) is 24.3 Å². The second-order valence-corrected chi connectivity index (χ2v) is 4.77. The zero-order valence-electron chi connectivity index (χ0n) is 10.6. The van der Waals surface area contributed by atoms with Gasteiger partial charge in [-0.25, -0.2) is 0 Å². The first kappa shape index (κ1) is 12.2. The number of hydrogen-bond acceptors (Lipinski definition) is 3. The third-order valence-corrected chi connectivity index (χ3v) is 2.85. The molecule has 1 aliphatic rings. The first-order valence-electron chi connectivity index (χ1n) is 6.33. The lowest BCUT2D eigenvalue weighted by Gasteiger charge is -2.16. The summed E-state index contributed by atoms with van der Waals surface area (Å²) in [6.07, 6.45) is 1.35. The molecule has 1 aromatic rings. The molecular formula is C14H21NO2. The average molecular weight is 235 g/mol. The topological polar surface area (TPSA) is 30.5 Å². The quantitative estimate of drug-likeness (QED) is 0.851. The predicted octanol–water partition coefficient (Wildman–Crippen LogP) is 2.92. The number of nitrogens with one attached hydrogen (secondary N) is 1. The number of para-hydroxylation sites is 2. The Morgan fingerprint density at radius 1 is 1.41 bits per heavy atom. The third-order valence-electron chi connectivity index (χ3n) is 2.85. The molecule has 1 aliphatic heterocycles. The summed E-state index contributed by atoms with van der Waals surface area (Å²) < 4.78 is 11.1. The molecule has 94 valence electrons. The van der Waals surface area contributed by atoms with Crippen molar-refractivity contribution >= 4 is 5.69 Å². The van der Waals surface area contributed by atoms with Gasteiger partial charge >= 0.3 is 0 Å². The molecule has 3 nitrogen and oxygen atoms in total. The van der Waals surface area contributed by atoms with E-state index < -0.39 is 0 Å². The van der Waals surface area contributed by atoms with Crippen molar-refractivity contribution in [1.82, 2.24) is 0 Å². The van der Waals surface area contributed by atoms with Crippen molar-refractivity contribution in [3.8, 4) is 5.75 Å². The van der Waals surface area contributed by atoms with Crippen molar-refractivity contribution in [3.63, 3.8) is 0 Å². The Kier molecular flexibility index (Phi) is 4.26. The van der Waals surface area contributed by atoms with Crippen LogP contribution in [0.25, 0.3) is 0 Å². The van der Waals surface area contributed by atoms with Crippen molar-refractivity contribution in [2.75, 3.05) is 25.1 Å². The van der Waals surface area contributed by atoms with Gasteiger partial charge in [0.1, 0.15) is 5.75 Å². The molecule has 1 fully saturated rings. The smallest absolute Gasteiger partial charge is 0.142 e. The van der Waals surface area contributed by atoms with Crippen LogP contribution >= 0.6 is 0 Å². The number of hydrogen-bond donors (Lipinski definition) is 1. The minimum atomic E-state index is 0.202. The van der Waals surface area contributed by atoms with E-state index in [9.17, 15) is 0 Å². The van der Waals surface area contributed by atoms with Crippen molar-refractivity contribution in [2.45, 2.75) is 26.4 Å². The monoisotopic (exact) mass is 235 g/mol. The minimum absolute atomic E-state index is 0.202. The van der Waals surface area contributed by atoms with Gasteiger partial charge in [0.25, 0.3) is 0 Å². The van der Waals surface area contributed by atoms with Crippen LogP contribution in [0.2, 0.25) is 0 Å². The SMILES string of the molecule is CC(C)Oc1ccccc1NCC1CCOC1. The van der Waals surface area contributed by atoms with Gasteiger partial charge in [-0.2, -0.15) is 0 Å². The zero-order valence-corrected chi connectivity index (χ0v) is 10.6. The number of ether oxygens (including phenoxy) is 2. The van der Waals surface area contributed by atoms with E-state index in [4.69, 9.17) is 9.47 Å². The largest absolute Gasteiger partial charge is 0.489 e. The van der Waals surface area contributed by atoms with Gasteiger partial charge in [0, 0.05) is 19.1 Å². The summed E-state index contributed by atoms with van der Waals surface area (Å²) in [5.74, 6) is 1.56. The van der Waals surface area contributed by atoms with Crippen LogP contribution < -0.4 is 10.1 Å². The molecule has 1 heterocycles. The normalized spacial score (nSPS) is 19.6. The molecule has 0 aliphatic carbocycles. The predicted molar refractivity (Wildman–Crippen MR) is 69.6 cm³/mol. The highest BCUT2D eigenvalue weighted by atomic mass is 16.5. The van der Waals surface area contributed by atoms with E-state index >= 15 is 0 Å². The van der Waals surface area contributed by atoms with Crippen LogP contribution in [-0.4, -0.2) is 25.9 Å². The summed E-state index contributed by atoms with van der Waals surface area (Å²) in [6, 6.07) is 8.10. The second-order valence-electron chi connectivity index (χ2n) is 4.77. The molecule has 2 rings (SSSR count). The van der Waals surface area contributed by atoms with Crippen LogP contribution in [0.15, 0.2) is 24.3 Å². The number of rotatable bonds is 5. The van der Waals surface area contributed by atoms with Crippen molar-refractivity contribution < 1.29 is 9.47 Å². The van der Waals surface area contributed by atoms with Crippen molar-refractivity contribution in [1.29, 1.82) is 0 Å².